The number of esters is 1. The lowest BCUT2D eigenvalue weighted by atomic mass is 9.85. The Labute approximate surface area is 140 Å². The Kier molecular flexibility index (Phi) is 4.26. The summed E-state index contributed by atoms with van der Waals surface area (Å²) < 4.78 is 4.98. The van der Waals surface area contributed by atoms with Crippen LogP contribution in [-0.2, 0) is 14.3 Å². The van der Waals surface area contributed by atoms with Crippen LogP contribution in [0.3, 0.4) is 0 Å². The second-order valence-corrected chi connectivity index (χ2v) is 6.15. The maximum absolute atomic E-state index is 12.4. The Morgan fingerprint density at radius 3 is 2.70 bits per heavy atom. The van der Waals surface area contributed by atoms with Crippen LogP contribution in [0.1, 0.15) is 24.8 Å². The monoisotopic (exact) mass is 331 g/mol. The minimum absolute atomic E-state index is 0.00496. The molecule has 120 valence electrons. The highest BCUT2D eigenvalue weighted by Crippen LogP contribution is 2.36. The van der Waals surface area contributed by atoms with Gasteiger partial charge in [-0.25, -0.2) is 4.79 Å². The van der Waals surface area contributed by atoms with Crippen LogP contribution < -0.4 is 0 Å². The highest BCUT2D eigenvalue weighted by Gasteiger charge is 2.47. The molecule has 23 heavy (non-hydrogen) atoms. The highest BCUT2D eigenvalue weighted by molar-refractivity contribution is 6.32. The van der Waals surface area contributed by atoms with Crippen LogP contribution >= 0.6 is 11.6 Å². The molecule has 1 unspecified atom stereocenters. The number of rotatable bonds is 3. The van der Waals surface area contributed by atoms with E-state index in [2.05, 4.69) is 0 Å². The van der Waals surface area contributed by atoms with Gasteiger partial charge in [0.2, 0.25) is 5.91 Å². The van der Waals surface area contributed by atoms with E-state index in [-0.39, 0.29) is 5.91 Å². The number of carbonyl (C=O) groups excluding carboxylic acids is 2. The normalized spacial score (nSPS) is 23.8. The van der Waals surface area contributed by atoms with Crippen molar-refractivity contribution in [2.24, 2.45) is 0 Å². The van der Waals surface area contributed by atoms with E-state index >= 15 is 0 Å². The van der Waals surface area contributed by atoms with E-state index in [9.17, 15) is 9.59 Å². The maximum atomic E-state index is 12.4. The van der Waals surface area contributed by atoms with Crippen molar-refractivity contribution in [1.29, 1.82) is 0 Å². The van der Waals surface area contributed by atoms with Gasteiger partial charge in [0.05, 0.1) is 7.11 Å². The smallest absolute Gasteiger partial charge is 0.336 e. The molecule has 3 rings (SSSR count). The van der Waals surface area contributed by atoms with E-state index in [0.717, 1.165) is 17.6 Å². The Hall–Kier alpha value is -2.07. The van der Waals surface area contributed by atoms with Crippen LogP contribution in [0.25, 0.3) is 5.57 Å². The van der Waals surface area contributed by atoms with Gasteiger partial charge in [-0.15, -0.1) is 0 Å². The van der Waals surface area contributed by atoms with Crippen LogP contribution in [0, 0.1) is 0 Å². The number of allylic oxidation sites excluding steroid dienone is 2. The first kappa shape index (κ1) is 15.8. The lowest BCUT2D eigenvalue weighted by molar-refractivity contribution is -0.156. The predicted molar refractivity (Wildman–Crippen MR) is 88.9 cm³/mol. The number of halogens is 1. The minimum atomic E-state index is -1.03. The third kappa shape index (κ3) is 2.68. The number of nitrogens with zero attached hydrogens (tertiary/aromatic N) is 1. The van der Waals surface area contributed by atoms with Crippen molar-refractivity contribution in [3.8, 4) is 0 Å². The molecule has 1 saturated heterocycles. The van der Waals surface area contributed by atoms with Gasteiger partial charge < -0.3 is 9.64 Å². The van der Waals surface area contributed by atoms with Gasteiger partial charge in [0.15, 0.2) is 5.54 Å². The van der Waals surface area contributed by atoms with E-state index in [1.165, 1.54) is 7.11 Å². The molecular formula is C18H18ClNO3. The summed E-state index contributed by atoms with van der Waals surface area (Å²) in [4.78, 5) is 26.2. The average molecular weight is 332 g/mol. The van der Waals surface area contributed by atoms with Crippen LogP contribution in [0.4, 0.5) is 0 Å². The van der Waals surface area contributed by atoms with Crippen molar-refractivity contribution in [3.05, 3.63) is 53.1 Å². The van der Waals surface area contributed by atoms with E-state index in [0.29, 0.717) is 24.4 Å². The zero-order valence-electron chi connectivity index (χ0n) is 12.9. The molecule has 0 bridgehead atoms. The van der Waals surface area contributed by atoms with Gasteiger partial charge in [0.1, 0.15) is 0 Å². The summed E-state index contributed by atoms with van der Waals surface area (Å²) in [6.45, 7) is 0.577. The zero-order chi connectivity index (χ0) is 16.4. The fourth-order valence-corrected chi connectivity index (χ4v) is 3.48. The molecule has 0 radical (unpaired) electrons. The summed E-state index contributed by atoms with van der Waals surface area (Å²) in [6, 6.07) is 7.56. The standard InChI is InChI=1S/C18H18ClNO3/c1-23-17(22)18(20-12-4-7-16(20)21)10-8-13(9-11-18)14-5-2-3-6-15(14)19/h2-3,5-6,8-10H,4,7,11-12H2,1H3. The minimum Gasteiger partial charge on any atom is -0.467 e. The van der Waals surface area contributed by atoms with Gasteiger partial charge >= 0.3 is 5.97 Å². The fraction of sp³-hybridized carbons (Fsp3) is 0.333. The lowest BCUT2D eigenvalue weighted by Crippen LogP contribution is -2.54. The first-order valence-electron chi connectivity index (χ1n) is 7.62. The molecule has 1 fully saturated rings. The van der Waals surface area contributed by atoms with Crippen LogP contribution in [0.15, 0.2) is 42.5 Å². The molecule has 1 heterocycles. The van der Waals surface area contributed by atoms with Gasteiger partial charge in [-0.2, -0.15) is 0 Å². The largest absolute Gasteiger partial charge is 0.467 e. The number of hydrogen-bond donors (Lipinski definition) is 0. The Bertz CT molecular complexity index is 710. The first-order chi connectivity index (χ1) is 11.1. The van der Waals surface area contributed by atoms with Gasteiger partial charge in [-0.1, -0.05) is 42.0 Å². The van der Waals surface area contributed by atoms with E-state index < -0.39 is 11.5 Å². The molecule has 4 nitrogen and oxygen atoms in total. The molecule has 5 heteroatoms. The summed E-state index contributed by atoms with van der Waals surface area (Å²) in [5.41, 5.74) is 0.825. The molecule has 0 saturated carbocycles. The van der Waals surface area contributed by atoms with Crippen molar-refractivity contribution in [1.82, 2.24) is 4.90 Å². The highest BCUT2D eigenvalue weighted by atomic mass is 35.5. The van der Waals surface area contributed by atoms with Crippen molar-refractivity contribution in [2.45, 2.75) is 24.8 Å². The average Bonchev–Trinajstić information content (AvgIpc) is 3.01. The summed E-state index contributed by atoms with van der Waals surface area (Å²) >= 11 is 6.24. The number of amides is 1. The SMILES string of the molecule is COC(=O)C1(N2CCCC2=O)C=CC(c2ccccc2Cl)=CC1. The molecule has 1 atom stereocenters. The number of carbonyl (C=O) groups is 2. The fourth-order valence-electron chi connectivity index (χ4n) is 3.23. The molecule has 0 aromatic heterocycles. The predicted octanol–water partition coefficient (Wildman–Crippen LogP) is 3.22. The number of likely N-dealkylation sites (tertiary alicyclic amines) is 1. The van der Waals surface area contributed by atoms with Crippen molar-refractivity contribution in [2.75, 3.05) is 13.7 Å². The third-order valence-corrected chi connectivity index (χ3v) is 4.78. The molecule has 0 N–H and O–H groups in total. The van der Waals surface area contributed by atoms with E-state index in [1.807, 2.05) is 36.4 Å². The molecule has 2 aliphatic rings. The topological polar surface area (TPSA) is 46.6 Å². The summed E-state index contributed by atoms with van der Waals surface area (Å²) in [5.74, 6) is -0.409. The molecule has 1 aromatic rings. The molecule has 1 aliphatic heterocycles. The second kappa shape index (κ2) is 6.20. The Morgan fingerprint density at radius 1 is 1.35 bits per heavy atom. The van der Waals surface area contributed by atoms with Crippen LogP contribution in [0.5, 0.6) is 0 Å². The summed E-state index contributed by atoms with van der Waals surface area (Å²) in [7, 11) is 1.35. The molecule has 1 aromatic carbocycles. The molecular weight excluding hydrogens is 314 g/mol. The number of benzene rings is 1. The van der Waals surface area contributed by atoms with E-state index in [4.69, 9.17) is 16.3 Å². The third-order valence-electron chi connectivity index (χ3n) is 4.45. The number of ether oxygens (including phenoxy) is 1. The molecule has 0 spiro atoms. The Balaban J connectivity index is 1.95. The molecule has 1 amide bonds. The van der Waals surface area contributed by atoms with Gasteiger partial charge in [-0.05, 0) is 29.7 Å². The van der Waals surface area contributed by atoms with Crippen LogP contribution in [-0.4, -0.2) is 36.0 Å². The number of hydrogen-bond acceptors (Lipinski definition) is 3. The van der Waals surface area contributed by atoms with Gasteiger partial charge in [0, 0.05) is 24.4 Å². The zero-order valence-corrected chi connectivity index (χ0v) is 13.7. The van der Waals surface area contributed by atoms with Crippen molar-refractivity contribution < 1.29 is 14.3 Å². The van der Waals surface area contributed by atoms with Crippen LogP contribution in [0.2, 0.25) is 5.02 Å². The van der Waals surface area contributed by atoms with Crippen molar-refractivity contribution in [3.63, 3.8) is 0 Å². The molecule has 1 aliphatic carbocycles. The van der Waals surface area contributed by atoms with Gasteiger partial charge in [-0.3, -0.25) is 4.79 Å². The number of methoxy groups -OCH3 is 1. The lowest BCUT2D eigenvalue weighted by Gasteiger charge is -2.38. The van der Waals surface area contributed by atoms with E-state index in [1.54, 1.807) is 11.0 Å². The second-order valence-electron chi connectivity index (χ2n) is 5.74. The summed E-state index contributed by atoms with van der Waals surface area (Å²) in [6.07, 6.45) is 7.22. The first-order valence-corrected chi connectivity index (χ1v) is 7.99. The maximum Gasteiger partial charge on any atom is 0.336 e. The Morgan fingerprint density at radius 2 is 2.13 bits per heavy atom. The summed E-state index contributed by atoms with van der Waals surface area (Å²) in [5, 5.41) is 0.659. The quantitative estimate of drug-likeness (QED) is 0.799. The van der Waals surface area contributed by atoms with Gasteiger partial charge in [0.25, 0.3) is 0 Å². The van der Waals surface area contributed by atoms with Crippen molar-refractivity contribution >= 4 is 29.1 Å².